The van der Waals surface area contributed by atoms with E-state index in [2.05, 4.69) is 56.1 Å². The standard InChI is InChI=1S/C23H36N6O2.HI/c1-18(2)17-29-10-9-25-22(29)16-27-23(24-3)26-15-21(28-11-13-31-14-12-28)19-5-7-20(30-4)8-6-19;/h5-10,18,21H,11-17H2,1-4H3,(H2,24,26,27);1H. The molecule has 32 heavy (non-hydrogen) atoms. The highest BCUT2D eigenvalue weighted by atomic mass is 127. The van der Waals surface area contributed by atoms with Gasteiger partial charge in [0, 0.05) is 45.6 Å². The normalized spacial score (nSPS) is 15.8. The minimum atomic E-state index is 0. The van der Waals surface area contributed by atoms with E-state index in [1.807, 2.05) is 24.5 Å². The first-order valence-electron chi connectivity index (χ1n) is 11.0. The van der Waals surface area contributed by atoms with Gasteiger partial charge in [-0.05, 0) is 23.6 Å². The Kier molecular flexibility index (Phi) is 11.3. The fourth-order valence-corrected chi connectivity index (χ4v) is 3.82. The van der Waals surface area contributed by atoms with Crippen molar-refractivity contribution in [2.45, 2.75) is 33.0 Å². The molecule has 3 rings (SSSR count). The smallest absolute Gasteiger partial charge is 0.191 e. The van der Waals surface area contributed by atoms with Crippen LogP contribution in [0.15, 0.2) is 41.7 Å². The fourth-order valence-electron chi connectivity index (χ4n) is 3.82. The van der Waals surface area contributed by atoms with Crippen LogP contribution in [0.4, 0.5) is 0 Å². The topological polar surface area (TPSA) is 75.9 Å². The van der Waals surface area contributed by atoms with Crippen molar-refractivity contribution in [2.24, 2.45) is 10.9 Å². The molecular weight excluding hydrogens is 519 g/mol. The molecule has 1 aromatic heterocycles. The first-order valence-corrected chi connectivity index (χ1v) is 11.0. The minimum Gasteiger partial charge on any atom is -0.497 e. The number of aromatic nitrogens is 2. The molecule has 178 valence electrons. The summed E-state index contributed by atoms with van der Waals surface area (Å²) in [5.74, 6) is 3.22. The molecule has 0 radical (unpaired) electrons. The zero-order chi connectivity index (χ0) is 22.1. The molecule has 0 spiro atoms. The van der Waals surface area contributed by atoms with Crippen LogP contribution in [0, 0.1) is 5.92 Å². The molecule has 0 aliphatic carbocycles. The van der Waals surface area contributed by atoms with Crippen molar-refractivity contribution in [3.05, 3.63) is 48.0 Å². The van der Waals surface area contributed by atoms with Crippen LogP contribution in [0.1, 0.15) is 31.3 Å². The summed E-state index contributed by atoms with van der Waals surface area (Å²) in [6, 6.07) is 8.53. The van der Waals surface area contributed by atoms with Crippen molar-refractivity contribution in [1.29, 1.82) is 0 Å². The second-order valence-electron chi connectivity index (χ2n) is 8.13. The first-order chi connectivity index (χ1) is 15.1. The van der Waals surface area contributed by atoms with Crippen LogP contribution in [-0.2, 0) is 17.8 Å². The van der Waals surface area contributed by atoms with Gasteiger partial charge < -0.3 is 24.7 Å². The van der Waals surface area contributed by atoms with Gasteiger partial charge in [0.15, 0.2) is 5.96 Å². The van der Waals surface area contributed by atoms with Gasteiger partial charge in [-0.2, -0.15) is 0 Å². The van der Waals surface area contributed by atoms with E-state index in [1.54, 1.807) is 14.2 Å². The summed E-state index contributed by atoms with van der Waals surface area (Å²) in [4.78, 5) is 11.4. The van der Waals surface area contributed by atoms with E-state index in [-0.39, 0.29) is 30.0 Å². The molecule has 9 heteroatoms. The second kappa shape index (κ2) is 13.6. The van der Waals surface area contributed by atoms with E-state index in [1.165, 1.54) is 5.56 Å². The largest absolute Gasteiger partial charge is 0.497 e. The summed E-state index contributed by atoms with van der Waals surface area (Å²) in [6.07, 6.45) is 3.89. The third-order valence-corrected chi connectivity index (χ3v) is 5.45. The highest BCUT2D eigenvalue weighted by molar-refractivity contribution is 14.0. The van der Waals surface area contributed by atoms with Gasteiger partial charge in [-0.1, -0.05) is 26.0 Å². The summed E-state index contributed by atoms with van der Waals surface area (Å²) in [5.41, 5.74) is 1.25. The zero-order valence-electron chi connectivity index (χ0n) is 19.6. The maximum atomic E-state index is 5.56. The predicted octanol–water partition coefficient (Wildman–Crippen LogP) is 2.90. The van der Waals surface area contributed by atoms with Gasteiger partial charge in [0.05, 0.1) is 32.9 Å². The van der Waals surface area contributed by atoms with Crippen molar-refractivity contribution in [3.63, 3.8) is 0 Å². The van der Waals surface area contributed by atoms with Crippen molar-refractivity contribution in [2.75, 3.05) is 47.0 Å². The maximum absolute atomic E-state index is 5.56. The molecule has 1 fully saturated rings. The van der Waals surface area contributed by atoms with Gasteiger partial charge in [0.1, 0.15) is 11.6 Å². The number of morpholine rings is 1. The number of rotatable bonds is 9. The number of imidazole rings is 1. The van der Waals surface area contributed by atoms with Crippen LogP contribution in [0.2, 0.25) is 0 Å². The molecule has 2 aromatic rings. The predicted molar refractivity (Wildman–Crippen MR) is 139 cm³/mol. The van der Waals surface area contributed by atoms with Gasteiger partial charge in [-0.3, -0.25) is 9.89 Å². The summed E-state index contributed by atoms with van der Waals surface area (Å²) in [5, 5.41) is 6.91. The summed E-state index contributed by atoms with van der Waals surface area (Å²) < 4.78 is 13.1. The lowest BCUT2D eigenvalue weighted by Crippen LogP contribution is -2.46. The van der Waals surface area contributed by atoms with Crippen molar-refractivity contribution in [1.82, 2.24) is 25.1 Å². The Labute approximate surface area is 208 Å². The monoisotopic (exact) mass is 556 g/mol. The van der Waals surface area contributed by atoms with E-state index in [0.29, 0.717) is 12.5 Å². The number of benzene rings is 1. The van der Waals surface area contributed by atoms with Crippen molar-refractivity contribution in [3.8, 4) is 5.75 Å². The number of ether oxygens (including phenoxy) is 2. The van der Waals surface area contributed by atoms with Crippen LogP contribution >= 0.6 is 24.0 Å². The van der Waals surface area contributed by atoms with E-state index in [4.69, 9.17) is 9.47 Å². The molecule has 0 saturated carbocycles. The van der Waals surface area contributed by atoms with Crippen LogP contribution < -0.4 is 15.4 Å². The second-order valence-corrected chi connectivity index (χ2v) is 8.13. The number of methoxy groups -OCH3 is 1. The Morgan fingerprint density at radius 1 is 1.19 bits per heavy atom. The Balaban J connectivity index is 0.00000363. The highest BCUT2D eigenvalue weighted by Crippen LogP contribution is 2.23. The molecule has 1 aromatic carbocycles. The lowest BCUT2D eigenvalue weighted by molar-refractivity contribution is 0.0170. The third kappa shape index (κ3) is 7.63. The average molecular weight is 556 g/mol. The third-order valence-electron chi connectivity index (χ3n) is 5.45. The number of guanidine groups is 1. The van der Waals surface area contributed by atoms with Crippen LogP contribution in [-0.4, -0.2) is 67.4 Å². The Hall–Kier alpha value is -1.85. The van der Waals surface area contributed by atoms with Crippen molar-refractivity contribution < 1.29 is 9.47 Å². The Morgan fingerprint density at radius 3 is 2.53 bits per heavy atom. The molecule has 1 aliphatic rings. The molecule has 2 heterocycles. The number of nitrogens with one attached hydrogen (secondary N) is 2. The average Bonchev–Trinajstić information content (AvgIpc) is 3.23. The number of hydrogen-bond donors (Lipinski definition) is 2. The SMILES string of the molecule is CN=C(NCc1nccn1CC(C)C)NCC(c1ccc(OC)cc1)N1CCOCC1.I. The molecule has 1 saturated heterocycles. The Morgan fingerprint density at radius 2 is 1.91 bits per heavy atom. The molecule has 1 atom stereocenters. The molecule has 1 unspecified atom stereocenters. The van der Waals surface area contributed by atoms with E-state index in [0.717, 1.165) is 56.9 Å². The van der Waals surface area contributed by atoms with E-state index >= 15 is 0 Å². The van der Waals surface area contributed by atoms with Gasteiger partial charge >= 0.3 is 0 Å². The molecular formula is C23H37IN6O2. The summed E-state index contributed by atoms with van der Waals surface area (Å²) >= 11 is 0. The van der Waals surface area contributed by atoms with Gasteiger partial charge in [0.2, 0.25) is 0 Å². The molecule has 0 bridgehead atoms. The molecule has 1 aliphatic heterocycles. The van der Waals surface area contributed by atoms with E-state index in [9.17, 15) is 0 Å². The molecule has 8 nitrogen and oxygen atoms in total. The van der Waals surface area contributed by atoms with Crippen molar-refractivity contribution >= 4 is 29.9 Å². The van der Waals surface area contributed by atoms with E-state index < -0.39 is 0 Å². The first kappa shape index (κ1) is 26.4. The molecule has 0 amide bonds. The molecule has 2 N–H and O–H groups in total. The number of aliphatic imine (C=N–C) groups is 1. The summed E-state index contributed by atoms with van der Waals surface area (Å²) in [7, 11) is 3.49. The lowest BCUT2D eigenvalue weighted by Gasteiger charge is -2.35. The minimum absolute atomic E-state index is 0. The van der Waals surface area contributed by atoms with Crippen LogP contribution in [0.3, 0.4) is 0 Å². The maximum Gasteiger partial charge on any atom is 0.191 e. The van der Waals surface area contributed by atoms with Gasteiger partial charge in [0.25, 0.3) is 0 Å². The number of halogens is 1. The van der Waals surface area contributed by atoms with Gasteiger partial charge in [-0.25, -0.2) is 4.98 Å². The number of hydrogen-bond acceptors (Lipinski definition) is 5. The van der Waals surface area contributed by atoms with Crippen LogP contribution in [0.25, 0.3) is 0 Å². The number of nitrogens with zero attached hydrogens (tertiary/aromatic N) is 4. The summed E-state index contributed by atoms with van der Waals surface area (Å²) in [6.45, 7) is 10.1. The quantitative estimate of drug-likeness (QED) is 0.281. The lowest BCUT2D eigenvalue weighted by atomic mass is 10.0. The highest BCUT2D eigenvalue weighted by Gasteiger charge is 2.23. The fraction of sp³-hybridized carbons (Fsp3) is 0.565. The van der Waals surface area contributed by atoms with Crippen LogP contribution in [0.5, 0.6) is 5.75 Å². The Bertz CT molecular complexity index is 818. The zero-order valence-corrected chi connectivity index (χ0v) is 21.9. The van der Waals surface area contributed by atoms with Gasteiger partial charge in [-0.15, -0.1) is 24.0 Å².